The van der Waals surface area contributed by atoms with Gasteiger partial charge in [-0.2, -0.15) is 8.78 Å². The van der Waals surface area contributed by atoms with Gasteiger partial charge in [0.05, 0.1) is 6.54 Å². The first-order valence-corrected chi connectivity index (χ1v) is 5.78. The predicted octanol–water partition coefficient (Wildman–Crippen LogP) is 3.13. The van der Waals surface area contributed by atoms with E-state index in [1.54, 1.807) is 6.92 Å². The van der Waals surface area contributed by atoms with Gasteiger partial charge in [0.2, 0.25) is 0 Å². The van der Waals surface area contributed by atoms with Crippen LogP contribution in [0.4, 0.5) is 17.6 Å². The van der Waals surface area contributed by atoms with E-state index in [1.165, 1.54) is 4.90 Å². The summed E-state index contributed by atoms with van der Waals surface area (Å²) in [6.07, 6.45) is -1.92. The zero-order valence-corrected chi connectivity index (χ0v) is 9.98. The molecule has 1 aliphatic rings. The van der Waals surface area contributed by atoms with Crippen LogP contribution < -0.4 is 0 Å². The van der Waals surface area contributed by atoms with E-state index < -0.39 is 18.9 Å². The minimum absolute atomic E-state index is 0.0524. The third-order valence-corrected chi connectivity index (χ3v) is 3.43. The Kier molecular flexibility index (Phi) is 4.40. The highest BCUT2D eigenvalue weighted by Gasteiger charge is 2.43. The van der Waals surface area contributed by atoms with E-state index in [4.69, 9.17) is 0 Å². The molecule has 0 spiro atoms. The van der Waals surface area contributed by atoms with Crippen molar-refractivity contribution < 1.29 is 17.6 Å². The lowest BCUT2D eigenvalue weighted by Crippen LogP contribution is -2.49. The van der Waals surface area contributed by atoms with Crippen molar-refractivity contribution in [2.45, 2.75) is 43.0 Å². The Morgan fingerprint density at radius 2 is 2.00 bits per heavy atom. The van der Waals surface area contributed by atoms with Crippen molar-refractivity contribution in [3.05, 3.63) is 0 Å². The number of halogens is 5. The van der Waals surface area contributed by atoms with Gasteiger partial charge in [-0.1, -0.05) is 15.9 Å². The SMILES string of the molecule is CC1CCC(Br)CN1CC(F)(F)C(F)F. The zero-order chi connectivity index (χ0) is 11.6. The van der Waals surface area contributed by atoms with Crippen LogP contribution in [0.1, 0.15) is 19.8 Å². The smallest absolute Gasteiger partial charge is 0.293 e. The van der Waals surface area contributed by atoms with Crippen LogP contribution in [-0.4, -0.2) is 41.2 Å². The average molecular weight is 292 g/mol. The Balaban J connectivity index is 2.55. The lowest BCUT2D eigenvalue weighted by Gasteiger charge is -2.37. The normalized spacial score (nSPS) is 29.8. The first-order chi connectivity index (χ1) is 6.83. The van der Waals surface area contributed by atoms with E-state index >= 15 is 0 Å². The van der Waals surface area contributed by atoms with E-state index in [0.717, 1.165) is 12.8 Å². The van der Waals surface area contributed by atoms with Gasteiger partial charge in [0.1, 0.15) is 0 Å². The van der Waals surface area contributed by atoms with E-state index in [-0.39, 0.29) is 10.9 Å². The van der Waals surface area contributed by atoms with E-state index in [0.29, 0.717) is 6.54 Å². The van der Waals surface area contributed by atoms with Crippen LogP contribution in [-0.2, 0) is 0 Å². The molecule has 0 aliphatic carbocycles. The van der Waals surface area contributed by atoms with E-state index in [9.17, 15) is 17.6 Å². The molecule has 2 atom stereocenters. The first-order valence-electron chi connectivity index (χ1n) is 4.87. The molecular weight excluding hydrogens is 278 g/mol. The van der Waals surface area contributed by atoms with Gasteiger partial charge < -0.3 is 0 Å². The fraction of sp³-hybridized carbons (Fsp3) is 1.00. The second kappa shape index (κ2) is 4.99. The number of alkyl halides is 5. The molecule has 1 nitrogen and oxygen atoms in total. The number of nitrogens with zero attached hydrogens (tertiary/aromatic N) is 1. The number of rotatable bonds is 3. The molecule has 0 bridgehead atoms. The van der Waals surface area contributed by atoms with Gasteiger partial charge in [-0.15, -0.1) is 0 Å². The third kappa shape index (κ3) is 3.59. The van der Waals surface area contributed by atoms with Crippen LogP contribution in [0.2, 0.25) is 0 Å². The molecule has 1 rings (SSSR count). The molecule has 0 aromatic heterocycles. The van der Waals surface area contributed by atoms with Crippen molar-refractivity contribution >= 4 is 15.9 Å². The minimum atomic E-state index is -3.90. The zero-order valence-electron chi connectivity index (χ0n) is 8.40. The average Bonchev–Trinajstić information content (AvgIpc) is 2.10. The highest BCUT2D eigenvalue weighted by molar-refractivity contribution is 9.09. The summed E-state index contributed by atoms with van der Waals surface area (Å²) in [6.45, 7) is 1.35. The summed E-state index contributed by atoms with van der Waals surface area (Å²) >= 11 is 3.33. The highest BCUT2D eigenvalue weighted by Crippen LogP contribution is 2.29. The summed E-state index contributed by atoms with van der Waals surface area (Å²) < 4.78 is 49.7. The van der Waals surface area contributed by atoms with Gasteiger partial charge in [0.15, 0.2) is 0 Å². The maximum Gasteiger partial charge on any atom is 0.319 e. The second-order valence-electron chi connectivity index (χ2n) is 4.01. The summed E-state index contributed by atoms with van der Waals surface area (Å²) in [5.74, 6) is -3.90. The van der Waals surface area contributed by atoms with Gasteiger partial charge in [0, 0.05) is 17.4 Å². The Morgan fingerprint density at radius 1 is 1.40 bits per heavy atom. The van der Waals surface area contributed by atoms with Crippen LogP contribution in [0.15, 0.2) is 0 Å². The maximum absolute atomic E-state index is 12.8. The molecule has 2 unspecified atom stereocenters. The molecule has 15 heavy (non-hydrogen) atoms. The molecule has 0 saturated carbocycles. The molecular formula is C9H14BrF4N. The van der Waals surface area contributed by atoms with Gasteiger partial charge in [-0.25, -0.2) is 8.78 Å². The fourth-order valence-corrected chi connectivity index (χ4v) is 2.33. The topological polar surface area (TPSA) is 3.24 Å². The highest BCUT2D eigenvalue weighted by atomic mass is 79.9. The molecule has 0 aromatic rings. The molecule has 0 amide bonds. The minimum Gasteiger partial charge on any atom is -0.293 e. The fourth-order valence-electron chi connectivity index (χ4n) is 1.69. The quantitative estimate of drug-likeness (QED) is 0.570. The number of hydrogen-bond acceptors (Lipinski definition) is 1. The molecule has 0 radical (unpaired) electrons. The number of hydrogen-bond donors (Lipinski definition) is 0. The predicted molar refractivity (Wildman–Crippen MR) is 53.9 cm³/mol. The summed E-state index contributed by atoms with van der Waals surface area (Å²) in [4.78, 5) is 1.55. The Morgan fingerprint density at radius 3 is 2.53 bits per heavy atom. The number of likely N-dealkylation sites (tertiary alicyclic amines) is 1. The van der Waals surface area contributed by atoms with Crippen molar-refractivity contribution in [2.24, 2.45) is 0 Å². The molecule has 6 heteroatoms. The Bertz CT molecular complexity index is 212. The standard InChI is InChI=1S/C9H14BrF4N/c1-6-2-3-7(10)4-15(6)5-9(13,14)8(11)12/h6-8H,2-5H2,1H3. The second-order valence-corrected chi connectivity index (χ2v) is 5.31. The molecule has 0 aromatic carbocycles. The van der Waals surface area contributed by atoms with Crippen LogP contribution >= 0.6 is 15.9 Å². The van der Waals surface area contributed by atoms with Crippen molar-refractivity contribution in [3.63, 3.8) is 0 Å². The van der Waals surface area contributed by atoms with Crippen molar-refractivity contribution in [3.8, 4) is 0 Å². The van der Waals surface area contributed by atoms with Crippen LogP contribution in [0, 0.1) is 0 Å². The molecule has 0 N–H and O–H groups in total. The monoisotopic (exact) mass is 291 g/mol. The molecule has 1 heterocycles. The largest absolute Gasteiger partial charge is 0.319 e. The van der Waals surface area contributed by atoms with Gasteiger partial charge >= 0.3 is 12.3 Å². The lowest BCUT2D eigenvalue weighted by atomic mass is 10.0. The molecule has 1 saturated heterocycles. The van der Waals surface area contributed by atoms with Gasteiger partial charge in [-0.05, 0) is 19.8 Å². The molecule has 1 aliphatic heterocycles. The van der Waals surface area contributed by atoms with Gasteiger partial charge in [-0.3, -0.25) is 4.90 Å². The van der Waals surface area contributed by atoms with E-state index in [2.05, 4.69) is 15.9 Å². The third-order valence-electron chi connectivity index (χ3n) is 2.69. The molecule has 90 valence electrons. The van der Waals surface area contributed by atoms with Gasteiger partial charge in [0.25, 0.3) is 0 Å². The maximum atomic E-state index is 12.8. The molecule has 1 fully saturated rings. The van der Waals surface area contributed by atoms with Crippen molar-refractivity contribution in [2.75, 3.05) is 13.1 Å². The first kappa shape index (κ1) is 13.2. The van der Waals surface area contributed by atoms with Crippen molar-refractivity contribution in [1.82, 2.24) is 4.90 Å². The number of piperidine rings is 1. The Labute approximate surface area is 94.9 Å². The van der Waals surface area contributed by atoms with Crippen LogP contribution in [0.3, 0.4) is 0 Å². The summed E-state index contributed by atoms with van der Waals surface area (Å²) in [5, 5.41) is 0. The summed E-state index contributed by atoms with van der Waals surface area (Å²) in [5.41, 5.74) is 0. The summed E-state index contributed by atoms with van der Waals surface area (Å²) in [6, 6.07) is -0.0524. The van der Waals surface area contributed by atoms with Crippen LogP contribution in [0.5, 0.6) is 0 Å². The van der Waals surface area contributed by atoms with Crippen LogP contribution in [0.25, 0.3) is 0 Å². The Hall–Kier alpha value is 0.160. The lowest BCUT2D eigenvalue weighted by molar-refractivity contribution is -0.147. The van der Waals surface area contributed by atoms with Crippen molar-refractivity contribution in [1.29, 1.82) is 0 Å². The summed E-state index contributed by atoms with van der Waals surface area (Å²) in [7, 11) is 0. The van der Waals surface area contributed by atoms with E-state index in [1.807, 2.05) is 0 Å².